The van der Waals surface area contributed by atoms with Gasteiger partial charge in [-0.1, -0.05) is 47.0 Å². The monoisotopic (exact) mass is 240 g/mol. The molecule has 0 aromatic carbocycles. The van der Waals surface area contributed by atoms with Crippen molar-refractivity contribution >= 4 is 0 Å². The summed E-state index contributed by atoms with van der Waals surface area (Å²) in [6.45, 7) is 14.4. The summed E-state index contributed by atoms with van der Waals surface area (Å²) in [5.74, 6) is 0. The summed E-state index contributed by atoms with van der Waals surface area (Å²) in [4.78, 5) is 2.66. The van der Waals surface area contributed by atoms with E-state index in [1.165, 1.54) is 58.3 Å². The zero-order valence-corrected chi connectivity index (χ0v) is 12.4. The van der Waals surface area contributed by atoms with Crippen LogP contribution in [-0.2, 0) is 0 Å². The number of hydrogen-bond acceptors (Lipinski definition) is 2. The smallest absolute Gasteiger partial charge is 0.0192 e. The van der Waals surface area contributed by atoms with Crippen LogP contribution in [0.1, 0.15) is 59.8 Å². The summed E-state index contributed by atoms with van der Waals surface area (Å²) >= 11 is 0. The van der Waals surface area contributed by atoms with Gasteiger partial charge >= 0.3 is 0 Å². The Labute approximate surface area is 108 Å². The van der Waals surface area contributed by atoms with Crippen molar-refractivity contribution in [3.63, 3.8) is 0 Å². The quantitative estimate of drug-likeness (QED) is 0.687. The van der Waals surface area contributed by atoms with Gasteiger partial charge in [-0.3, -0.25) is 4.90 Å². The Morgan fingerprint density at radius 2 is 2.00 bits per heavy atom. The fourth-order valence-electron chi connectivity index (χ4n) is 2.85. The van der Waals surface area contributed by atoms with Gasteiger partial charge < -0.3 is 5.32 Å². The molecule has 0 radical (unpaired) electrons. The molecule has 1 aliphatic rings. The van der Waals surface area contributed by atoms with E-state index >= 15 is 0 Å². The maximum Gasteiger partial charge on any atom is 0.0192 e. The third-order valence-corrected chi connectivity index (χ3v) is 3.94. The number of rotatable bonds is 7. The van der Waals surface area contributed by atoms with E-state index in [1.54, 1.807) is 0 Å². The zero-order valence-electron chi connectivity index (χ0n) is 12.4. The molecule has 1 rings (SSSR count). The molecule has 2 heteroatoms. The highest BCUT2D eigenvalue weighted by Crippen LogP contribution is 2.25. The highest BCUT2D eigenvalue weighted by Gasteiger charge is 2.24. The molecule has 1 N–H and O–H groups in total. The van der Waals surface area contributed by atoms with E-state index in [0.29, 0.717) is 5.41 Å². The van der Waals surface area contributed by atoms with Crippen molar-refractivity contribution in [1.29, 1.82) is 0 Å². The van der Waals surface area contributed by atoms with Gasteiger partial charge in [0.2, 0.25) is 0 Å². The van der Waals surface area contributed by atoms with Gasteiger partial charge in [-0.25, -0.2) is 0 Å². The minimum absolute atomic E-state index is 0.491. The third kappa shape index (κ3) is 5.87. The summed E-state index contributed by atoms with van der Waals surface area (Å²) in [5.41, 5.74) is 0.491. The molecule has 0 amide bonds. The first-order chi connectivity index (χ1) is 8.07. The summed E-state index contributed by atoms with van der Waals surface area (Å²) in [6.07, 6.45) is 6.76. The van der Waals surface area contributed by atoms with Crippen LogP contribution >= 0.6 is 0 Å². The summed E-state index contributed by atoms with van der Waals surface area (Å²) in [6, 6.07) is 0.718. The van der Waals surface area contributed by atoms with Gasteiger partial charge in [-0.05, 0) is 18.3 Å². The molecule has 1 saturated heterocycles. The second kappa shape index (κ2) is 7.38. The Kier molecular flexibility index (Phi) is 6.50. The Bertz CT molecular complexity index is 201. The second-order valence-electron chi connectivity index (χ2n) is 6.42. The third-order valence-electron chi connectivity index (χ3n) is 3.94. The highest BCUT2D eigenvalue weighted by atomic mass is 15.2. The van der Waals surface area contributed by atoms with E-state index in [4.69, 9.17) is 0 Å². The molecule has 1 atom stereocenters. The van der Waals surface area contributed by atoms with E-state index < -0.39 is 0 Å². The van der Waals surface area contributed by atoms with Crippen LogP contribution in [0, 0.1) is 5.41 Å². The van der Waals surface area contributed by atoms with Gasteiger partial charge in [0, 0.05) is 32.2 Å². The fourth-order valence-corrected chi connectivity index (χ4v) is 2.85. The number of nitrogens with zero attached hydrogens (tertiary/aromatic N) is 1. The molecule has 1 unspecified atom stereocenters. The first kappa shape index (κ1) is 15.0. The molecule has 2 nitrogen and oxygen atoms in total. The van der Waals surface area contributed by atoms with Crippen molar-refractivity contribution in [2.24, 2.45) is 5.41 Å². The molecule has 0 bridgehead atoms. The van der Waals surface area contributed by atoms with Crippen molar-refractivity contribution in [2.45, 2.75) is 65.8 Å². The van der Waals surface area contributed by atoms with E-state index in [9.17, 15) is 0 Å². The molecule has 0 aliphatic carbocycles. The Balaban J connectivity index is 2.30. The van der Waals surface area contributed by atoms with Gasteiger partial charge in [0.05, 0.1) is 0 Å². The van der Waals surface area contributed by atoms with Gasteiger partial charge in [0.1, 0.15) is 0 Å². The lowest BCUT2D eigenvalue weighted by molar-refractivity contribution is 0.128. The first-order valence-corrected chi connectivity index (χ1v) is 7.53. The lowest BCUT2D eigenvalue weighted by Gasteiger charge is -2.38. The molecule has 1 aliphatic heterocycles. The Morgan fingerprint density at radius 3 is 2.65 bits per heavy atom. The molecule has 0 aromatic heterocycles. The standard InChI is InChI=1S/C15H32N2/c1-5-7-8-9-15(3,4)13-17-11-10-16-14(6-2)12-17/h14,16H,5-13H2,1-4H3. The van der Waals surface area contributed by atoms with Crippen LogP contribution in [0.15, 0.2) is 0 Å². The minimum Gasteiger partial charge on any atom is -0.311 e. The van der Waals surface area contributed by atoms with Crippen LogP contribution in [-0.4, -0.2) is 37.1 Å². The number of hydrogen-bond donors (Lipinski definition) is 1. The van der Waals surface area contributed by atoms with E-state index in [-0.39, 0.29) is 0 Å². The van der Waals surface area contributed by atoms with E-state index in [1.807, 2.05) is 0 Å². The number of unbranched alkanes of at least 4 members (excludes halogenated alkanes) is 2. The molecule has 17 heavy (non-hydrogen) atoms. The van der Waals surface area contributed by atoms with Crippen molar-refractivity contribution in [2.75, 3.05) is 26.2 Å². The minimum atomic E-state index is 0.491. The van der Waals surface area contributed by atoms with Crippen molar-refractivity contribution in [1.82, 2.24) is 10.2 Å². The van der Waals surface area contributed by atoms with Crippen molar-refractivity contribution in [3.8, 4) is 0 Å². The second-order valence-corrected chi connectivity index (χ2v) is 6.42. The van der Waals surface area contributed by atoms with Crippen molar-refractivity contribution in [3.05, 3.63) is 0 Å². The SMILES string of the molecule is CCCCCC(C)(C)CN1CCNC(CC)C1. The molecule has 1 fully saturated rings. The molecule has 102 valence electrons. The maximum absolute atomic E-state index is 3.60. The Hall–Kier alpha value is -0.0800. The predicted molar refractivity (Wildman–Crippen MR) is 76.4 cm³/mol. The molecule has 0 spiro atoms. The molecular weight excluding hydrogens is 208 g/mol. The zero-order chi connectivity index (χ0) is 12.7. The van der Waals surface area contributed by atoms with Crippen LogP contribution < -0.4 is 5.32 Å². The van der Waals surface area contributed by atoms with Crippen LogP contribution in [0.5, 0.6) is 0 Å². The largest absolute Gasteiger partial charge is 0.311 e. The van der Waals surface area contributed by atoms with Crippen LogP contribution in [0.25, 0.3) is 0 Å². The average Bonchev–Trinajstić information content (AvgIpc) is 2.29. The number of piperazine rings is 1. The van der Waals surface area contributed by atoms with Crippen LogP contribution in [0.4, 0.5) is 0 Å². The topological polar surface area (TPSA) is 15.3 Å². The Morgan fingerprint density at radius 1 is 1.24 bits per heavy atom. The maximum atomic E-state index is 3.60. The van der Waals surface area contributed by atoms with E-state index in [2.05, 4.69) is 37.9 Å². The lowest BCUT2D eigenvalue weighted by Crippen LogP contribution is -2.52. The van der Waals surface area contributed by atoms with Crippen LogP contribution in [0.3, 0.4) is 0 Å². The van der Waals surface area contributed by atoms with E-state index in [0.717, 1.165) is 6.04 Å². The number of nitrogens with one attached hydrogen (secondary N) is 1. The summed E-state index contributed by atoms with van der Waals surface area (Å²) in [5, 5.41) is 3.60. The molecule has 1 heterocycles. The average molecular weight is 240 g/mol. The molecule has 0 saturated carbocycles. The highest BCUT2D eigenvalue weighted by molar-refractivity contribution is 4.81. The predicted octanol–water partition coefficient (Wildman–Crippen LogP) is 3.28. The fraction of sp³-hybridized carbons (Fsp3) is 1.00. The normalized spacial score (nSPS) is 22.9. The van der Waals surface area contributed by atoms with Gasteiger partial charge in [0.15, 0.2) is 0 Å². The summed E-state index contributed by atoms with van der Waals surface area (Å²) in [7, 11) is 0. The van der Waals surface area contributed by atoms with Gasteiger partial charge in [-0.15, -0.1) is 0 Å². The van der Waals surface area contributed by atoms with Crippen molar-refractivity contribution < 1.29 is 0 Å². The molecule has 0 aromatic rings. The summed E-state index contributed by atoms with van der Waals surface area (Å²) < 4.78 is 0. The lowest BCUT2D eigenvalue weighted by atomic mass is 9.86. The van der Waals surface area contributed by atoms with Crippen LogP contribution in [0.2, 0.25) is 0 Å². The van der Waals surface area contributed by atoms with Gasteiger partial charge in [-0.2, -0.15) is 0 Å². The van der Waals surface area contributed by atoms with Gasteiger partial charge in [0.25, 0.3) is 0 Å². The molecular formula is C15H32N2. The first-order valence-electron chi connectivity index (χ1n) is 7.53.